The Hall–Kier alpha value is -1.96. The van der Waals surface area contributed by atoms with Gasteiger partial charge in [0.25, 0.3) is 0 Å². The summed E-state index contributed by atoms with van der Waals surface area (Å²) in [5.41, 5.74) is 2.43. The second-order valence-corrected chi connectivity index (χ2v) is 8.70. The van der Waals surface area contributed by atoms with E-state index in [1.165, 1.54) is 6.07 Å². The third kappa shape index (κ3) is 4.37. The van der Waals surface area contributed by atoms with E-state index < -0.39 is 12.0 Å². The van der Waals surface area contributed by atoms with Gasteiger partial charge in [-0.1, -0.05) is 13.8 Å². The maximum atomic E-state index is 13.7. The highest BCUT2D eigenvalue weighted by molar-refractivity contribution is 5.86. The van der Waals surface area contributed by atoms with Crippen molar-refractivity contribution in [2.24, 2.45) is 5.92 Å². The van der Waals surface area contributed by atoms with E-state index >= 15 is 0 Å². The summed E-state index contributed by atoms with van der Waals surface area (Å²) < 4.78 is 19.1. The average Bonchev–Trinajstić information content (AvgIpc) is 2.94. The van der Waals surface area contributed by atoms with Gasteiger partial charge in [0.05, 0.1) is 18.2 Å². The molecule has 0 spiro atoms. The molecule has 1 aliphatic heterocycles. The molecule has 0 bridgehead atoms. The van der Waals surface area contributed by atoms with Gasteiger partial charge in [0.2, 0.25) is 12.3 Å². The second kappa shape index (κ2) is 7.81. The maximum absolute atomic E-state index is 13.7. The van der Waals surface area contributed by atoms with Crippen LogP contribution in [-0.4, -0.2) is 46.0 Å². The van der Waals surface area contributed by atoms with Crippen molar-refractivity contribution in [1.29, 1.82) is 0 Å². The summed E-state index contributed by atoms with van der Waals surface area (Å²) >= 11 is 0. The number of halogens is 1. The van der Waals surface area contributed by atoms with Crippen molar-refractivity contribution in [2.45, 2.75) is 59.1 Å². The van der Waals surface area contributed by atoms with Crippen LogP contribution in [0.25, 0.3) is 10.9 Å². The van der Waals surface area contributed by atoms with Crippen molar-refractivity contribution >= 4 is 16.8 Å². The number of benzene rings is 1. The Balaban J connectivity index is 1.79. The minimum Gasteiger partial charge on any atom is -0.356 e. The predicted molar refractivity (Wildman–Crippen MR) is 106 cm³/mol. The van der Waals surface area contributed by atoms with Gasteiger partial charge in [-0.3, -0.25) is 10.1 Å². The van der Waals surface area contributed by atoms with Gasteiger partial charge in [-0.15, -0.1) is 0 Å². The van der Waals surface area contributed by atoms with Crippen molar-refractivity contribution in [3.63, 3.8) is 0 Å². The lowest BCUT2D eigenvalue weighted by molar-refractivity contribution is -0.183. The summed E-state index contributed by atoms with van der Waals surface area (Å²) in [5.74, 6) is -0.187. The van der Waals surface area contributed by atoms with Gasteiger partial charge in [0.1, 0.15) is 5.82 Å². The quantitative estimate of drug-likeness (QED) is 0.685. The molecule has 6 nitrogen and oxygen atoms in total. The molecule has 2 unspecified atom stereocenters. The molecule has 28 heavy (non-hydrogen) atoms. The van der Waals surface area contributed by atoms with Crippen LogP contribution in [0, 0.1) is 11.7 Å². The SMILES string of the molecule is CC(C)C1c2[nH]c3ccc(F)cc3c2CCN1C(=O)CNC(O)OC(C)(C)C. The minimum atomic E-state index is -1.21. The highest BCUT2D eigenvalue weighted by Crippen LogP contribution is 2.38. The van der Waals surface area contributed by atoms with Crippen LogP contribution in [0.2, 0.25) is 0 Å². The van der Waals surface area contributed by atoms with Gasteiger partial charge in [-0.2, -0.15) is 0 Å². The number of carbonyl (C=O) groups is 1. The lowest BCUT2D eigenvalue weighted by Gasteiger charge is -2.38. The van der Waals surface area contributed by atoms with Gasteiger partial charge in [0, 0.05) is 23.1 Å². The molecule has 1 amide bonds. The van der Waals surface area contributed by atoms with E-state index in [1.807, 2.05) is 25.7 Å². The monoisotopic (exact) mass is 391 g/mol. The summed E-state index contributed by atoms with van der Waals surface area (Å²) in [7, 11) is 0. The van der Waals surface area contributed by atoms with Gasteiger partial charge in [-0.05, 0) is 56.9 Å². The van der Waals surface area contributed by atoms with Crippen LogP contribution in [0.15, 0.2) is 18.2 Å². The number of carbonyl (C=O) groups excluding carboxylic acids is 1. The molecule has 2 atom stereocenters. The van der Waals surface area contributed by atoms with Crippen molar-refractivity contribution in [2.75, 3.05) is 13.1 Å². The van der Waals surface area contributed by atoms with E-state index in [4.69, 9.17) is 4.74 Å². The first-order valence-corrected chi connectivity index (χ1v) is 9.75. The summed E-state index contributed by atoms with van der Waals surface area (Å²) in [6, 6.07) is 4.61. The number of aromatic amines is 1. The number of amides is 1. The fourth-order valence-electron chi connectivity index (χ4n) is 3.92. The van der Waals surface area contributed by atoms with E-state index in [9.17, 15) is 14.3 Å². The van der Waals surface area contributed by atoms with E-state index in [0.29, 0.717) is 13.0 Å². The fraction of sp³-hybridized carbons (Fsp3) is 0.571. The predicted octanol–water partition coefficient (Wildman–Crippen LogP) is 3.07. The zero-order chi connectivity index (χ0) is 20.6. The van der Waals surface area contributed by atoms with Crippen LogP contribution in [0.5, 0.6) is 0 Å². The molecule has 7 heteroatoms. The molecule has 2 aromatic rings. The maximum Gasteiger partial charge on any atom is 0.237 e. The summed E-state index contributed by atoms with van der Waals surface area (Å²) in [5, 5.41) is 13.6. The highest BCUT2D eigenvalue weighted by Gasteiger charge is 2.35. The fourth-order valence-corrected chi connectivity index (χ4v) is 3.92. The summed E-state index contributed by atoms with van der Waals surface area (Å²) in [6.45, 7) is 10.2. The summed E-state index contributed by atoms with van der Waals surface area (Å²) in [4.78, 5) is 18.1. The average molecular weight is 391 g/mol. The van der Waals surface area contributed by atoms with Crippen LogP contribution < -0.4 is 5.32 Å². The van der Waals surface area contributed by atoms with Gasteiger partial charge >= 0.3 is 0 Å². The van der Waals surface area contributed by atoms with Gasteiger partial charge < -0.3 is 19.7 Å². The number of ether oxygens (including phenoxy) is 1. The zero-order valence-electron chi connectivity index (χ0n) is 17.2. The first kappa shape index (κ1) is 20.8. The topological polar surface area (TPSA) is 77.6 Å². The van der Waals surface area contributed by atoms with Gasteiger partial charge in [0.15, 0.2) is 0 Å². The van der Waals surface area contributed by atoms with Crippen molar-refractivity contribution < 1.29 is 19.0 Å². The normalized spacial score (nSPS) is 18.6. The number of nitrogens with zero attached hydrogens (tertiary/aromatic N) is 1. The molecule has 1 aromatic heterocycles. The molecule has 154 valence electrons. The Labute approximate surface area is 165 Å². The molecule has 0 radical (unpaired) electrons. The molecule has 0 aliphatic carbocycles. The van der Waals surface area contributed by atoms with Crippen molar-refractivity contribution in [3.05, 3.63) is 35.3 Å². The highest BCUT2D eigenvalue weighted by atomic mass is 19.1. The smallest absolute Gasteiger partial charge is 0.237 e. The molecule has 1 aliphatic rings. The van der Waals surface area contributed by atoms with Crippen molar-refractivity contribution in [1.82, 2.24) is 15.2 Å². The molecule has 2 heterocycles. The number of fused-ring (bicyclic) bond motifs is 3. The van der Waals surface area contributed by atoms with E-state index in [-0.39, 0.29) is 30.2 Å². The second-order valence-electron chi connectivity index (χ2n) is 8.70. The lowest BCUT2D eigenvalue weighted by Crippen LogP contribution is -2.48. The number of rotatable bonds is 5. The van der Waals surface area contributed by atoms with Gasteiger partial charge in [-0.25, -0.2) is 4.39 Å². The van der Waals surface area contributed by atoms with E-state index in [2.05, 4.69) is 24.1 Å². The Morgan fingerprint density at radius 1 is 1.43 bits per heavy atom. The zero-order valence-corrected chi connectivity index (χ0v) is 17.2. The lowest BCUT2D eigenvalue weighted by atomic mass is 9.90. The standard InChI is InChI=1S/C21H30FN3O3/c1-12(2)19-18-14(15-10-13(22)6-7-16(15)24-18)8-9-25(19)17(26)11-23-20(27)28-21(3,4)5/h6-7,10,12,19-20,23-24,27H,8-9,11H2,1-5H3. The largest absolute Gasteiger partial charge is 0.356 e. The Kier molecular flexibility index (Phi) is 5.79. The number of aromatic nitrogens is 1. The molecular formula is C21H30FN3O3. The molecule has 0 saturated heterocycles. The number of nitrogens with one attached hydrogen (secondary N) is 2. The molecule has 0 fully saturated rings. The number of H-pyrrole nitrogens is 1. The number of aliphatic hydroxyl groups is 1. The van der Waals surface area contributed by atoms with E-state index in [1.54, 1.807) is 12.1 Å². The van der Waals surface area contributed by atoms with E-state index in [0.717, 1.165) is 22.2 Å². The third-order valence-electron chi connectivity index (χ3n) is 4.98. The van der Waals surface area contributed by atoms with Crippen LogP contribution in [0.1, 0.15) is 51.9 Å². The Morgan fingerprint density at radius 2 is 2.14 bits per heavy atom. The Bertz CT molecular complexity index is 856. The molecule has 1 aromatic carbocycles. The first-order valence-electron chi connectivity index (χ1n) is 9.75. The minimum absolute atomic E-state index is 0.0232. The first-order chi connectivity index (χ1) is 13.1. The van der Waals surface area contributed by atoms with Crippen molar-refractivity contribution in [3.8, 4) is 0 Å². The number of hydrogen-bond donors (Lipinski definition) is 3. The Morgan fingerprint density at radius 3 is 2.79 bits per heavy atom. The number of aliphatic hydroxyl groups excluding tert-OH is 1. The number of hydrogen-bond acceptors (Lipinski definition) is 4. The van der Waals surface area contributed by atoms with Crippen LogP contribution >= 0.6 is 0 Å². The molecule has 3 N–H and O–H groups in total. The van der Waals surface area contributed by atoms with Crippen LogP contribution in [0.4, 0.5) is 4.39 Å². The third-order valence-corrected chi connectivity index (χ3v) is 4.98. The molecule has 3 rings (SSSR count). The molecular weight excluding hydrogens is 361 g/mol. The molecule has 0 saturated carbocycles. The van der Waals surface area contributed by atoms with Crippen LogP contribution in [-0.2, 0) is 16.0 Å². The van der Waals surface area contributed by atoms with Crippen LogP contribution in [0.3, 0.4) is 0 Å². The summed E-state index contributed by atoms with van der Waals surface area (Å²) in [6.07, 6.45) is -0.549.